The monoisotopic (exact) mass is 423 g/mol. The van der Waals surface area contributed by atoms with Gasteiger partial charge in [-0.1, -0.05) is 84.0 Å². The molecule has 0 amide bonds. The summed E-state index contributed by atoms with van der Waals surface area (Å²) in [6.07, 6.45) is 0.514. The number of hydrogen-bond acceptors (Lipinski definition) is 0. The molecule has 0 bridgehead atoms. The third kappa shape index (κ3) is 4.09. The van der Waals surface area contributed by atoms with Gasteiger partial charge in [0.15, 0.2) is 6.17 Å². The molecule has 3 aromatic carbocycles. The maximum Gasteiger partial charge on any atom is 0.220 e. The molecule has 0 aliphatic rings. The second kappa shape index (κ2) is 7.89. The van der Waals surface area contributed by atoms with Crippen LogP contribution in [0.25, 0.3) is 33.2 Å². The Morgan fingerprint density at radius 2 is 1.44 bits per heavy atom. The summed E-state index contributed by atoms with van der Waals surface area (Å²) in [5.74, 6) is 0. The normalized spacial score (nSPS) is 12.8. The first-order valence-electron chi connectivity index (χ1n) is 12.0. The van der Waals surface area contributed by atoms with Crippen LogP contribution in [0, 0.1) is 6.92 Å². The van der Waals surface area contributed by atoms with Crippen molar-refractivity contribution in [1.82, 2.24) is 0 Å². The van der Waals surface area contributed by atoms with Crippen LogP contribution in [0.4, 0.5) is 0 Å². The Hall–Kier alpha value is -2.93. The molecular weight excluding hydrogens is 386 g/mol. The van der Waals surface area contributed by atoms with Crippen LogP contribution >= 0.6 is 0 Å². The first-order chi connectivity index (χ1) is 15.4. The maximum absolute atomic E-state index is 8.75. The number of hydrogen-bond donors (Lipinski definition) is 0. The summed E-state index contributed by atoms with van der Waals surface area (Å²) in [6, 6.07) is 23.8. The van der Waals surface area contributed by atoms with E-state index in [9.17, 15) is 0 Å². The van der Waals surface area contributed by atoms with Crippen molar-refractivity contribution in [2.45, 2.75) is 59.3 Å². The number of benzene rings is 3. The largest absolute Gasteiger partial charge is 0.220 e. The molecule has 0 radical (unpaired) electrons. The molecule has 0 N–H and O–H groups in total. The lowest BCUT2D eigenvalue weighted by Crippen LogP contribution is -2.31. The number of pyridine rings is 1. The third-order valence-electron chi connectivity index (χ3n) is 6.50. The molecule has 1 nitrogen and oxygen atoms in total. The van der Waals surface area contributed by atoms with Gasteiger partial charge in [-0.15, -0.1) is 0 Å². The first-order valence-corrected chi connectivity index (χ1v) is 11.5. The van der Waals surface area contributed by atoms with Gasteiger partial charge in [0.2, 0.25) is 5.69 Å². The second-order valence-corrected chi connectivity index (χ2v) is 11.0. The van der Waals surface area contributed by atoms with E-state index in [4.69, 9.17) is 1.37 Å². The van der Waals surface area contributed by atoms with Crippen LogP contribution in [0.5, 0.6) is 0 Å². The predicted octanol–water partition coefficient (Wildman–Crippen LogP) is 7.90. The van der Waals surface area contributed by atoms with Gasteiger partial charge in [-0.25, -0.2) is 4.57 Å². The molecule has 32 heavy (non-hydrogen) atoms. The lowest BCUT2D eigenvalue weighted by atomic mass is 9.76. The van der Waals surface area contributed by atoms with E-state index < -0.39 is 0 Å². The van der Waals surface area contributed by atoms with E-state index >= 15 is 0 Å². The van der Waals surface area contributed by atoms with Crippen molar-refractivity contribution in [3.05, 3.63) is 89.6 Å². The SMILES string of the molecule is [2H]c1cc2cc(-c3ccccc3)ccc2c(-c2cc(C(C)(C)C)cc(C(C)(C)C)c2C)[n+]1C. The molecule has 4 rings (SSSR count). The predicted molar refractivity (Wildman–Crippen MR) is 138 cm³/mol. The molecule has 1 heterocycles. The molecule has 0 aliphatic carbocycles. The Balaban J connectivity index is 2.06. The van der Waals surface area contributed by atoms with Crippen molar-refractivity contribution in [3.63, 3.8) is 0 Å². The number of rotatable bonds is 2. The van der Waals surface area contributed by atoms with Crippen LogP contribution in [-0.2, 0) is 17.9 Å². The van der Waals surface area contributed by atoms with Crippen molar-refractivity contribution in [2.24, 2.45) is 7.05 Å². The first kappa shape index (κ1) is 20.9. The standard InChI is InChI=1S/C31H36N/c1-21-27(19-25(30(2,3)4)20-28(21)31(5,6)7)29-26-15-14-23(22-12-10-9-11-13-22)18-24(26)16-17-32(29)8/h9-20H,1-8H3/q+1/i17D. The van der Waals surface area contributed by atoms with E-state index in [1.807, 2.05) is 23.7 Å². The van der Waals surface area contributed by atoms with Gasteiger partial charge in [0.25, 0.3) is 0 Å². The van der Waals surface area contributed by atoms with E-state index in [0.717, 1.165) is 11.1 Å². The zero-order chi connectivity index (χ0) is 24.1. The van der Waals surface area contributed by atoms with Crippen molar-refractivity contribution in [1.29, 1.82) is 0 Å². The summed E-state index contributed by atoms with van der Waals surface area (Å²) in [4.78, 5) is 0. The molecular formula is C31H36N+. The van der Waals surface area contributed by atoms with Crippen LogP contribution in [0.1, 0.15) is 59.6 Å². The Morgan fingerprint density at radius 1 is 0.750 bits per heavy atom. The van der Waals surface area contributed by atoms with Gasteiger partial charge < -0.3 is 0 Å². The molecule has 1 heteroatoms. The highest BCUT2D eigenvalue weighted by atomic mass is 14.9. The van der Waals surface area contributed by atoms with E-state index in [1.54, 1.807) is 0 Å². The fourth-order valence-corrected chi connectivity index (χ4v) is 4.62. The smallest absolute Gasteiger partial charge is 0.200 e. The summed E-state index contributed by atoms with van der Waals surface area (Å²) in [6.45, 7) is 15.9. The van der Waals surface area contributed by atoms with Crippen LogP contribution in [0.2, 0.25) is 0 Å². The fraction of sp³-hybridized carbons (Fsp3) is 0.323. The molecule has 0 spiro atoms. The zero-order valence-corrected chi connectivity index (χ0v) is 20.8. The highest BCUT2D eigenvalue weighted by molar-refractivity contribution is 5.96. The summed E-state index contributed by atoms with van der Waals surface area (Å²) in [5, 5.41) is 2.29. The number of nitrogens with zero attached hydrogens (tertiary/aromatic N) is 1. The highest BCUT2D eigenvalue weighted by Crippen LogP contribution is 2.39. The molecule has 0 saturated heterocycles. The van der Waals surface area contributed by atoms with Gasteiger partial charge in [-0.3, -0.25) is 0 Å². The summed E-state index contributed by atoms with van der Waals surface area (Å²) < 4.78 is 10.8. The highest BCUT2D eigenvalue weighted by Gasteiger charge is 2.27. The minimum absolute atomic E-state index is 0.0352. The van der Waals surface area contributed by atoms with E-state index in [2.05, 4.69) is 103 Å². The molecule has 0 unspecified atom stereocenters. The zero-order valence-electron chi connectivity index (χ0n) is 21.8. The van der Waals surface area contributed by atoms with Gasteiger partial charge in [-0.05, 0) is 69.2 Å². The summed E-state index contributed by atoms with van der Waals surface area (Å²) >= 11 is 0. The summed E-state index contributed by atoms with van der Waals surface area (Å²) in [5.41, 5.74) is 8.78. The Bertz CT molecular complexity index is 1340. The molecule has 1 aromatic heterocycles. The molecule has 0 aliphatic heterocycles. The number of aromatic nitrogens is 1. The Labute approximate surface area is 195 Å². The van der Waals surface area contributed by atoms with Crippen LogP contribution in [0.15, 0.2) is 72.9 Å². The van der Waals surface area contributed by atoms with Gasteiger partial charge in [-0.2, -0.15) is 0 Å². The molecule has 4 aromatic rings. The van der Waals surface area contributed by atoms with Gasteiger partial charge in [0, 0.05) is 6.07 Å². The summed E-state index contributed by atoms with van der Waals surface area (Å²) in [7, 11) is 2.02. The van der Waals surface area contributed by atoms with Crippen molar-refractivity contribution in [3.8, 4) is 22.4 Å². The van der Waals surface area contributed by atoms with E-state index in [0.29, 0.717) is 6.17 Å². The molecule has 0 atom stereocenters. The lowest BCUT2D eigenvalue weighted by molar-refractivity contribution is -0.659. The Morgan fingerprint density at radius 3 is 2.06 bits per heavy atom. The van der Waals surface area contributed by atoms with Gasteiger partial charge in [0.05, 0.1) is 10.9 Å². The minimum atomic E-state index is 0.0352. The average Bonchev–Trinajstić information content (AvgIpc) is 2.74. The van der Waals surface area contributed by atoms with Crippen molar-refractivity contribution >= 4 is 10.8 Å². The Kier molecular flexibility index (Phi) is 5.16. The number of fused-ring (bicyclic) bond motifs is 1. The minimum Gasteiger partial charge on any atom is -0.200 e. The molecule has 0 fully saturated rings. The second-order valence-electron chi connectivity index (χ2n) is 11.0. The average molecular weight is 424 g/mol. The maximum atomic E-state index is 8.75. The third-order valence-corrected chi connectivity index (χ3v) is 6.50. The van der Waals surface area contributed by atoms with Crippen molar-refractivity contribution in [2.75, 3.05) is 0 Å². The topological polar surface area (TPSA) is 3.88 Å². The van der Waals surface area contributed by atoms with Gasteiger partial charge >= 0.3 is 0 Å². The molecule has 164 valence electrons. The van der Waals surface area contributed by atoms with Crippen LogP contribution < -0.4 is 4.57 Å². The van der Waals surface area contributed by atoms with Crippen molar-refractivity contribution < 1.29 is 5.94 Å². The van der Waals surface area contributed by atoms with E-state index in [-0.39, 0.29) is 10.8 Å². The van der Waals surface area contributed by atoms with Gasteiger partial charge in [0.1, 0.15) is 8.42 Å². The van der Waals surface area contributed by atoms with E-state index in [1.165, 1.54) is 38.8 Å². The van der Waals surface area contributed by atoms with Crippen LogP contribution in [0.3, 0.4) is 0 Å². The van der Waals surface area contributed by atoms with Crippen LogP contribution in [-0.4, -0.2) is 0 Å². The fourth-order valence-electron chi connectivity index (χ4n) is 4.62. The lowest BCUT2D eigenvalue weighted by Gasteiger charge is -2.28. The molecule has 0 saturated carbocycles. The quantitative estimate of drug-likeness (QED) is 0.288.